The Balaban J connectivity index is 1.69. The van der Waals surface area contributed by atoms with E-state index in [1.807, 2.05) is 0 Å². The van der Waals surface area contributed by atoms with E-state index in [0.29, 0.717) is 12.6 Å². The normalized spacial score (nSPS) is 28.2. The molecule has 1 saturated heterocycles. The highest BCUT2D eigenvalue weighted by molar-refractivity contribution is 4.95. The molecule has 0 aromatic heterocycles. The van der Waals surface area contributed by atoms with Crippen LogP contribution < -0.4 is 5.32 Å². The average Bonchev–Trinajstić information content (AvgIpc) is 3.27. The lowest BCUT2D eigenvalue weighted by molar-refractivity contribution is 0.0506. The fourth-order valence-corrected chi connectivity index (χ4v) is 3.20. The highest BCUT2D eigenvalue weighted by Gasteiger charge is 2.37. The molecule has 4 heteroatoms. The average molecular weight is 284 g/mol. The van der Waals surface area contributed by atoms with Crippen LogP contribution in [0.1, 0.15) is 33.1 Å². The standard InChI is InChI=1S/C16H32N2O2/c1-13(2)16-11-17-15(14-5-6-14)12-18(16)7-4-8-20-10-9-19-3/h13-17H,4-12H2,1-3H3. The molecule has 20 heavy (non-hydrogen) atoms. The Morgan fingerprint density at radius 1 is 1.20 bits per heavy atom. The van der Waals surface area contributed by atoms with E-state index in [1.54, 1.807) is 7.11 Å². The molecule has 2 rings (SSSR count). The molecule has 1 N–H and O–H groups in total. The first-order valence-corrected chi connectivity index (χ1v) is 8.26. The minimum atomic E-state index is 0.684. The SMILES string of the molecule is COCCOCCCN1CC(C2CC2)NCC1C(C)C. The molecule has 0 aromatic carbocycles. The van der Waals surface area contributed by atoms with Gasteiger partial charge < -0.3 is 14.8 Å². The molecule has 1 saturated carbocycles. The van der Waals surface area contributed by atoms with Crippen molar-refractivity contribution in [3.63, 3.8) is 0 Å². The zero-order valence-corrected chi connectivity index (χ0v) is 13.4. The van der Waals surface area contributed by atoms with Crippen LogP contribution in [0.25, 0.3) is 0 Å². The van der Waals surface area contributed by atoms with E-state index in [-0.39, 0.29) is 0 Å². The Kier molecular flexibility index (Phi) is 6.75. The van der Waals surface area contributed by atoms with Gasteiger partial charge in [0.1, 0.15) is 0 Å². The zero-order valence-electron chi connectivity index (χ0n) is 13.4. The fourth-order valence-electron chi connectivity index (χ4n) is 3.20. The summed E-state index contributed by atoms with van der Waals surface area (Å²) >= 11 is 0. The van der Waals surface area contributed by atoms with Crippen molar-refractivity contribution in [1.82, 2.24) is 10.2 Å². The van der Waals surface area contributed by atoms with E-state index in [0.717, 1.165) is 44.1 Å². The van der Waals surface area contributed by atoms with Crippen LogP contribution in [0.2, 0.25) is 0 Å². The lowest BCUT2D eigenvalue weighted by Crippen LogP contribution is -2.59. The second-order valence-corrected chi connectivity index (χ2v) is 6.62. The molecule has 1 aliphatic heterocycles. The summed E-state index contributed by atoms with van der Waals surface area (Å²) in [6, 6.07) is 1.42. The van der Waals surface area contributed by atoms with E-state index in [2.05, 4.69) is 24.1 Å². The van der Waals surface area contributed by atoms with Gasteiger partial charge in [-0.1, -0.05) is 13.8 Å². The number of nitrogens with zero attached hydrogens (tertiary/aromatic N) is 1. The Morgan fingerprint density at radius 3 is 2.65 bits per heavy atom. The van der Waals surface area contributed by atoms with Crippen molar-refractivity contribution in [3.05, 3.63) is 0 Å². The quantitative estimate of drug-likeness (QED) is 0.654. The van der Waals surface area contributed by atoms with Crippen molar-refractivity contribution < 1.29 is 9.47 Å². The van der Waals surface area contributed by atoms with Gasteiger partial charge in [0.05, 0.1) is 13.2 Å². The first-order chi connectivity index (χ1) is 9.72. The van der Waals surface area contributed by atoms with Gasteiger partial charge in [-0.3, -0.25) is 4.90 Å². The first kappa shape index (κ1) is 16.2. The van der Waals surface area contributed by atoms with Crippen LogP contribution in [0, 0.1) is 11.8 Å². The molecule has 1 aliphatic carbocycles. The van der Waals surface area contributed by atoms with Gasteiger partial charge in [0.2, 0.25) is 0 Å². The third-order valence-corrected chi connectivity index (χ3v) is 4.62. The molecule has 2 atom stereocenters. The molecule has 0 bridgehead atoms. The fraction of sp³-hybridized carbons (Fsp3) is 1.00. The van der Waals surface area contributed by atoms with Gasteiger partial charge in [-0.15, -0.1) is 0 Å². The summed E-state index contributed by atoms with van der Waals surface area (Å²) in [5.41, 5.74) is 0. The number of nitrogens with one attached hydrogen (secondary N) is 1. The Bertz CT molecular complexity index is 269. The van der Waals surface area contributed by atoms with E-state index in [9.17, 15) is 0 Å². The first-order valence-electron chi connectivity index (χ1n) is 8.26. The predicted molar refractivity (Wildman–Crippen MR) is 82.0 cm³/mol. The molecular formula is C16H32N2O2. The lowest BCUT2D eigenvalue weighted by Gasteiger charge is -2.42. The number of hydrogen-bond donors (Lipinski definition) is 1. The van der Waals surface area contributed by atoms with E-state index >= 15 is 0 Å². The van der Waals surface area contributed by atoms with Gasteiger partial charge in [0.25, 0.3) is 0 Å². The summed E-state index contributed by atoms with van der Waals surface area (Å²) in [5, 5.41) is 3.77. The molecular weight excluding hydrogens is 252 g/mol. The molecule has 2 fully saturated rings. The van der Waals surface area contributed by atoms with Crippen molar-refractivity contribution in [3.8, 4) is 0 Å². The van der Waals surface area contributed by atoms with Crippen LogP contribution >= 0.6 is 0 Å². The van der Waals surface area contributed by atoms with E-state index in [1.165, 1.54) is 25.9 Å². The molecule has 0 amide bonds. The van der Waals surface area contributed by atoms with Crippen molar-refractivity contribution in [1.29, 1.82) is 0 Å². The van der Waals surface area contributed by atoms with Crippen molar-refractivity contribution >= 4 is 0 Å². The summed E-state index contributed by atoms with van der Waals surface area (Å²) in [5.74, 6) is 1.67. The van der Waals surface area contributed by atoms with E-state index in [4.69, 9.17) is 9.47 Å². The van der Waals surface area contributed by atoms with Gasteiger partial charge in [0.15, 0.2) is 0 Å². The maximum Gasteiger partial charge on any atom is 0.0700 e. The molecule has 4 nitrogen and oxygen atoms in total. The second-order valence-electron chi connectivity index (χ2n) is 6.62. The summed E-state index contributed by atoms with van der Waals surface area (Å²) in [7, 11) is 1.72. The highest BCUT2D eigenvalue weighted by Crippen LogP contribution is 2.34. The third-order valence-electron chi connectivity index (χ3n) is 4.62. The summed E-state index contributed by atoms with van der Waals surface area (Å²) in [4.78, 5) is 2.70. The van der Waals surface area contributed by atoms with Crippen molar-refractivity contribution in [2.75, 3.05) is 46.6 Å². The monoisotopic (exact) mass is 284 g/mol. The van der Waals surface area contributed by atoms with Crippen molar-refractivity contribution in [2.24, 2.45) is 11.8 Å². The summed E-state index contributed by atoms with van der Waals surface area (Å²) < 4.78 is 10.6. The Morgan fingerprint density at radius 2 is 2.00 bits per heavy atom. The summed E-state index contributed by atoms with van der Waals surface area (Å²) in [6.07, 6.45) is 3.99. The van der Waals surface area contributed by atoms with Gasteiger partial charge in [-0.05, 0) is 31.1 Å². The topological polar surface area (TPSA) is 33.7 Å². The maximum atomic E-state index is 5.58. The van der Waals surface area contributed by atoms with Crippen LogP contribution in [0.3, 0.4) is 0 Å². The van der Waals surface area contributed by atoms with Gasteiger partial charge in [0, 0.05) is 45.4 Å². The summed E-state index contributed by atoms with van der Waals surface area (Å²) in [6.45, 7) is 10.5. The minimum Gasteiger partial charge on any atom is -0.382 e. The number of hydrogen-bond acceptors (Lipinski definition) is 4. The van der Waals surface area contributed by atoms with Crippen LogP contribution in [0.5, 0.6) is 0 Å². The van der Waals surface area contributed by atoms with Crippen LogP contribution in [-0.2, 0) is 9.47 Å². The zero-order chi connectivity index (χ0) is 14.4. The smallest absolute Gasteiger partial charge is 0.0700 e. The van der Waals surface area contributed by atoms with Crippen LogP contribution in [0.15, 0.2) is 0 Å². The van der Waals surface area contributed by atoms with Crippen LogP contribution in [0.4, 0.5) is 0 Å². The van der Waals surface area contributed by atoms with E-state index < -0.39 is 0 Å². The third kappa shape index (κ3) is 4.99. The molecule has 1 heterocycles. The van der Waals surface area contributed by atoms with Crippen molar-refractivity contribution in [2.45, 2.75) is 45.2 Å². The van der Waals surface area contributed by atoms with Gasteiger partial charge in [-0.25, -0.2) is 0 Å². The number of rotatable bonds is 9. The Hall–Kier alpha value is -0.160. The second kappa shape index (κ2) is 8.32. The number of piperazine rings is 1. The van der Waals surface area contributed by atoms with Crippen LogP contribution in [-0.4, -0.2) is 63.5 Å². The Labute approximate surface area is 124 Å². The largest absolute Gasteiger partial charge is 0.382 e. The molecule has 0 aromatic rings. The predicted octanol–water partition coefficient (Wildman–Crippen LogP) is 1.75. The molecule has 2 aliphatic rings. The maximum absolute atomic E-state index is 5.58. The number of methoxy groups -OCH3 is 1. The molecule has 2 unspecified atom stereocenters. The van der Waals surface area contributed by atoms with Gasteiger partial charge in [-0.2, -0.15) is 0 Å². The highest BCUT2D eigenvalue weighted by atomic mass is 16.5. The molecule has 0 radical (unpaired) electrons. The lowest BCUT2D eigenvalue weighted by atomic mass is 9.97. The van der Waals surface area contributed by atoms with Gasteiger partial charge >= 0.3 is 0 Å². The minimum absolute atomic E-state index is 0.684. The molecule has 118 valence electrons. The number of ether oxygens (including phenoxy) is 2. The molecule has 0 spiro atoms.